The van der Waals surface area contributed by atoms with Crippen molar-refractivity contribution >= 4 is 17.9 Å². The molecule has 2 aliphatic heterocycles. The average Bonchev–Trinajstić information content (AvgIpc) is 3.18. The van der Waals surface area contributed by atoms with Gasteiger partial charge in [0.25, 0.3) is 5.91 Å². The maximum absolute atomic E-state index is 14.1. The standard InChI is InChI=1S/C29H35FN4O5/c1-4-34-24(25(28(36)39-5-2)26(31-29(34)37)20-9-6-11-22(30)17-20)19-32-13-8-14-33(16-15-32)27(35)21-10-7-12-23(18-21)38-3/h6-7,9-12,17-18,26H,4-5,8,13-16,19H2,1-3H3,(H,31,37). The first kappa shape index (κ1) is 28.1. The fourth-order valence-corrected chi connectivity index (χ4v) is 5.08. The zero-order valence-electron chi connectivity index (χ0n) is 22.6. The second-order valence-corrected chi connectivity index (χ2v) is 9.42. The Kier molecular flexibility index (Phi) is 9.19. The van der Waals surface area contributed by atoms with Gasteiger partial charge in [0.15, 0.2) is 0 Å². The molecule has 2 heterocycles. The van der Waals surface area contributed by atoms with Gasteiger partial charge in [0, 0.05) is 50.5 Å². The number of nitrogens with zero attached hydrogens (tertiary/aromatic N) is 3. The summed E-state index contributed by atoms with van der Waals surface area (Å²) in [6, 6.07) is 11.8. The van der Waals surface area contributed by atoms with Crippen molar-refractivity contribution in [3.8, 4) is 5.75 Å². The van der Waals surface area contributed by atoms with Gasteiger partial charge in [0.1, 0.15) is 11.6 Å². The Hall–Kier alpha value is -3.92. The summed E-state index contributed by atoms with van der Waals surface area (Å²) in [4.78, 5) is 45.1. The number of amides is 3. The molecule has 1 unspecified atom stereocenters. The summed E-state index contributed by atoms with van der Waals surface area (Å²) < 4.78 is 24.8. The molecule has 39 heavy (non-hydrogen) atoms. The lowest BCUT2D eigenvalue weighted by molar-refractivity contribution is -0.139. The number of hydrogen-bond acceptors (Lipinski definition) is 6. The van der Waals surface area contributed by atoms with Gasteiger partial charge in [-0.05, 0) is 56.2 Å². The summed E-state index contributed by atoms with van der Waals surface area (Å²) in [5.41, 5.74) is 1.85. The molecule has 1 N–H and O–H groups in total. The quantitative estimate of drug-likeness (QED) is 0.517. The van der Waals surface area contributed by atoms with E-state index in [4.69, 9.17) is 9.47 Å². The number of esters is 1. The largest absolute Gasteiger partial charge is 0.497 e. The highest BCUT2D eigenvalue weighted by Gasteiger charge is 2.38. The van der Waals surface area contributed by atoms with Crippen molar-refractivity contribution in [1.82, 2.24) is 20.0 Å². The molecule has 9 nitrogen and oxygen atoms in total. The minimum atomic E-state index is -0.844. The summed E-state index contributed by atoms with van der Waals surface area (Å²) in [6.07, 6.45) is 0.726. The number of hydrogen-bond donors (Lipinski definition) is 1. The van der Waals surface area contributed by atoms with Crippen molar-refractivity contribution in [2.45, 2.75) is 26.3 Å². The van der Waals surface area contributed by atoms with E-state index in [-0.39, 0.29) is 24.1 Å². The van der Waals surface area contributed by atoms with E-state index in [1.807, 2.05) is 11.8 Å². The van der Waals surface area contributed by atoms with Crippen LogP contribution in [0.4, 0.5) is 9.18 Å². The van der Waals surface area contributed by atoms with Gasteiger partial charge in [-0.25, -0.2) is 14.0 Å². The molecule has 208 valence electrons. The normalized spacial score (nSPS) is 18.5. The van der Waals surface area contributed by atoms with E-state index in [1.54, 1.807) is 50.4 Å². The topological polar surface area (TPSA) is 91.4 Å². The summed E-state index contributed by atoms with van der Waals surface area (Å²) >= 11 is 0. The number of rotatable bonds is 8. The van der Waals surface area contributed by atoms with Gasteiger partial charge in [0.2, 0.25) is 0 Å². The highest BCUT2D eigenvalue weighted by Crippen LogP contribution is 2.32. The van der Waals surface area contributed by atoms with Crippen molar-refractivity contribution in [1.29, 1.82) is 0 Å². The number of methoxy groups -OCH3 is 1. The number of ether oxygens (including phenoxy) is 2. The Morgan fingerprint density at radius 1 is 1.05 bits per heavy atom. The first-order valence-corrected chi connectivity index (χ1v) is 13.3. The van der Waals surface area contributed by atoms with Crippen molar-refractivity contribution in [3.63, 3.8) is 0 Å². The molecule has 2 aliphatic rings. The van der Waals surface area contributed by atoms with Gasteiger partial charge in [-0.1, -0.05) is 18.2 Å². The van der Waals surface area contributed by atoms with Gasteiger partial charge >= 0.3 is 12.0 Å². The summed E-state index contributed by atoms with van der Waals surface area (Å²) in [6.45, 7) is 6.67. The van der Waals surface area contributed by atoms with Crippen LogP contribution in [0.3, 0.4) is 0 Å². The molecule has 0 radical (unpaired) electrons. The average molecular weight is 539 g/mol. The molecule has 0 bridgehead atoms. The minimum absolute atomic E-state index is 0.0689. The van der Waals surface area contributed by atoms with Gasteiger partial charge < -0.3 is 19.7 Å². The molecule has 1 fully saturated rings. The Morgan fingerprint density at radius 2 is 1.85 bits per heavy atom. The monoisotopic (exact) mass is 538 g/mol. The number of carbonyl (C=O) groups is 3. The van der Waals surface area contributed by atoms with Crippen LogP contribution in [0, 0.1) is 5.82 Å². The number of benzene rings is 2. The third-order valence-corrected chi connectivity index (χ3v) is 7.00. The van der Waals surface area contributed by atoms with Gasteiger partial charge in [-0.15, -0.1) is 0 Å². The molecular weight excluding hydrogens is 503 g/mol. The number of urea groups is 1. The smallest absolute Gasteiger partial charge is 0.338 e. The highest BCUT2D eigenvalue weighted by atomic mass is 19.1. The molecule has 2 aromatic rings. The van der Waals surface area contributed by atoms with E-state index < -0.39 is 17.8 Å². The molecule has 2 aromatic carbocycles. The van der Waals surface area contributed by atoms with E-state index in [1.165, 1.54) is 17.0 Å². The zero-order valence-corrected chi connectivity index (χ0v) is 22.6. The van der Waals surface area contributed by atoms with Crippen LogP contribution in [0.25, 0.3) is 0 Å². The Balaban J connectivity index is 1.61. The molecular formula is C29H35FN4O5. The van der Waals surface area contributed by atoms with E-state index in [9.17, 15) is 18.8 Å². The van der Waals surface area contributed by atoms with Crippen molar-refractivity contribution in [2.24, 2.45) is 0 Å². The van der Waals surface area contributed by atoms with E-state index in [2.05, 4.69) is 10.2 Å². The van der Waals surface area contributed by atoms with E-state index >= 15 is 0 Å². The van der Waals surface area contributed by atoms with Crippen LogP contribution in [0.2, 0.25) is 0 Å². The summed E-state index contributed by atoms with van der Waals surface area (Å²) in [5.74, 6) is -0.456. The summed E-state index contributed by atoms with van der Waals surface area (Å²) in [7, 11) is 1.57. The van der Waals surface area contributed by atoms with E-state index in [0.29, 0.717) is 61.8 Å². The lowest BCUT2D eigenvalue weighted by Gasteiger charge is -2.38. The van der Waals surface area contributed by atoms with Crippen molar-refractivity contribution in [3.05, 3.63) is 76.7 Å². The maximum Gasteiger partial charge on any atom is 0.338 e. The van der Waals surface area contributed by atoms with Crippen LogP contribution < -0.4 is 10.1 Å². The van der Waals surface area contributed by atoms with Crippen molar-refractivity contribution < 1.29 is 28.2 Å². The molecule has 10 heteroatoms. The maximum atomic E-state index is 14.1. The van der Waals surface area contributed by atoms with E-state index in [0.717, 1.165) is 6.42 Å². The molecule has 0 aromatic heterocycles. The number of nitrogens with one attached hydrogen (secondary N) is 1. The second-order valence-electron chi connectivity index (χ2n) is 9.42. The fraction of sp³-hybridized carbons (Fsp3) is 0.414. The second kappa shape index (κ2) is 12.8. The lowest BCUT2D eigenvalue weighted by atomic mass is 9.94. The Morgan fingerprint density at radius 3 is 2.56 bits per heavy atom. The highest BCUT2D eigenvalue weighted by molar-refractivity contribution is 5.95. The number of likely N-dealkylation sites (N-methyl/N-ethyl adjacent to an activating group) is 1. The predicted molar refractivity (Wildman–Crippen MR) is 144 cm³/mol. The molecule has 1 saturated heterocycles. The molecule has 0 spiro atoms. The molecule has 3 amide bonds. The van der Waals surface area contributed by atoms with Gasteiger partial charge in [-0.2, -0.15) is 0 Å². The first-order chi connectivity index (χ1) is 18.9. The Labute approximate surface area is 228 Å². The molecule has 0 aliphatic carbocycles. The SMILES string of the molecule is CCOC(=O)C1=C(CN2CCCN(C(=O)c3cccc(OC)c3)CC2)N(CC)C(=O)NC1c1cccc(F)c1. The van der Waals surface area contributed by atoms with Gasteiger partial charge in [0.05, 0.1) is 25.3 Å². The van der Waals surface area contributed by atoms with Crippen LogP contribution in [0.1, 0.15) is 42.2 Å². The van der Waals surface area contributed by atoms with Crippen molar-refractivity contribution in [2.75, 3.05) is 53.0 Å². The predicted octanol–water partition coefficient (Wildman–Crippen LogP) is 3.59. The van der Waals surface area contributed by atoms with Crippen LogP contribution >= 0.6 is 0 Å². The van der Waals surface area contributed by atoms with Crippen LogP contribution in [0.15, 0.2) is 59.8 Å². The third-order valence-electron chi connectivity index (χ3n) is 7.00. The Bertz CT molecular complexity index is 1250. The number of halogens is 1. The summed E-state index contributed by atoms with van der Waals surface area (Å²) in [5, 5.41) is 2.86. The first-order valence-electron chi connectivity index (χ1n) is 13.3. The lowest BCUT2D eigenvalue weighted by Crippen LogP contribution is -2.51. The fourth-order valence-electron chi connectivity index (χ4n) is 5.08. The third kappa shape index (κ3) is 6.39. The zero-order chi connectivity index (χ0) is 27.9. The molecule has 1 atom stereocenters. The van der Waals surface area contributed by atoms with Crippen LogP contribution in [-0.4, -0.2) is 85.6 Å². The molecule has 0 saturated carbocycles. The number of carbonyl (C=O) groups excluding carboxylic acids is 3. The minimum Gasteiger partial charge on any atom is -0.497 e. The van der Waals surface area contributed by atoms with Gasteiger partial charge in [-0.3, -0.25) is 14.6 Å². The van der Waals surface area contributed by atoms with Crippen LogP contribution in [-0.2, 0) is 9.53 Å². The molecule has 4 rings (SSSR count). The van der Waals surface area contributed by atoms with Crippen LogP contribution in [0.5, 0.6) is 5.75 Å².